The predicted molar refractivity (Wildman–Crippen MR) is 114 cm³/mol. The zero-order valence-electron chi connectivity index (χ0n) is 16.2. The second-order valence-electron chi connectivity index (χ2n) is 6.84. The van der Waals surface area contributed by atoms with Gasteiger partial charge < -0.3 is 0 Å². The Morgan fingerprint density at radius 3 is 1.83 bits per heavy atom. The Hall–Kier alpha value is -3.12. The van der Waals surface area contributed by atoms with Crippen molar-refractivity contribution in [1.29, 1.82) is 0 Å². The number of sulfonamides is 1. The molecule has 7 heteroatoms. The summed E-state index contributed by atoms with van der Waals surface area (Å²) in [5.41, 5.74) is 10.5. The first-order valence-corrected chi connectivity index (χ1v) is 10.6. The molecule has 148 valence electrons. The molecule has 0 radical (unpaired) electrons. The highest BCUT2D eigenvalue weighted by Crippen LogP contribution is 2.38. The first-order chi connectivity index (χ1) is 13.9. The molecule has 3 aromatic rings. The molecule has 0 unspecified atom stereocenters. The van der Waals surface area contributed by atoms with Gasteiger partial charge in [-0.2, -0.15) is 0 Å². The number of rotatable bonds is 7. The van der Waals surface area contributed by atoms with Crippen LogP contribution in [0.3, 0.4) is 0 Å². The van der Waals surface area contributed by atoms with E-state index in [1.807, 2.05) is 67.6 Å². The van der Waals surface area contributed by atoms with E-state index in [0.29, 0.717) is 11.1 Å². The smallest absolute Gasteiger partial charge is 0.207 e. The minimum atomic E-state index is -3.83. The minimum Gasteiger partial charge on any atom is -0.207 e. The first kappa shape index (κ1) is 20.6. The summed E-state index contributed by atoms with van der Waals surface area (Å²) in [7, 11) is -3.83. The van der Waals surface area contributed by atoms with E-state index in [-0.39, 0.29) is 4.90 Å². The van der Waals surface area contributed by atoms with Gasteiger partial charge >= 0.3 is 0 Å². The lowest BCUT2D eigenvalue weighted by Crippen LogP contribution is -2.48. The van der Waals surface area contributed by atoms with E-state index < -0.39 is 21.6 Å². The molecule has 0 aromatic heterocycles. The average Bonchev–Trinajstić information content (AvgIpc) is 2.73. The molecule has 0 amide bonds. The van der Waals surface area contributed by atoms with Gasteiger partial charge in [0.2, 0.25) is 10.0 Å². The Bertz CT molecular complexity index is 1070. The van der Waals surface area contributed by atoms with Crippen LogP contribution in [0.4, 0.5) is 0 Å². The maximum absolute atomic E-state index is 13.0. The molecule has 0 aliphatic rings. The minimum absolute atomic E-state index is 0.158. The van der Waals surface area contributed by atoms with Crippen molar-refractivity contribution in [3.05, 3.63) is 112 Å². The van der Waals surface area contributed by atoms with E-state index in [9.17, 15) is 13.9 Å². The fourth-order valence-corrected chi connectivity index (χ4v) is 4.69. The molecule has 0 aliphatic carbocycles. The number of nitrogens with one attached hydrogen (secondary N) is 1. The van der Waals surface area contributed by atoms with Gasteiger partial charge in [-0.1, -0.05) is 83.5 Å². The standard InChI is InChI=1S/C22H22N4O2S/c1-17-13-15-21(16-14-17)29(27,28)24-18(2)22(25-26-23,19-9-5-3-6-10-19)20-11-7-4-8-12-20/h3-16,18,24H,1-2H3/t18-/m0/s1. The van der Waals surface area contributed by atoms with Crippen molar-refractivity contribution < 1.29 is 8.42 Å². The van der Waals surface area contributed by atoms with Gasteiger partial charge in [-0.3, -0.25) is 0 Å². The number of aryl methyl sites for hydroxylation is 1. The topological polar surface area (TPSA) is 94.9 Å². The molecular weight excluding hydrogens is 384 g/mol. The van der Waals surface area contributed by atoms with Gasteiger partial charge in [-0.15, -0.1) is 0 Å². The van der Waals surface area contributed by atoms with Crippen LogP contribution in [0.15, 0.2) is 94.9 Å². The molecule has 3 rings (SSSR count). The van der Waals surface area contributed by atoms with Gasteiger partial charge in [0.15, 0.2) is 0 Å². The Kier molecular flexibility index (Phi) is 6.03. The lowest BCUT2D eigenvalue weighted by Gasteiger charge is -2.36. The molecule has 6 nitrogen and oxygen atoms in total. The average molecular weight is 407 g/mol. The summed E-state index contributed by atoms with van der Waals surface area (Å²) >= 11 is 0. The van der Waals surface area contributed by atoms with Crippen LogP contribution in [0.1, 0.15) is 23.6 Å². The Morgan fingerprint density at radius 2 is 1.38 bits per heavy atom. The quantitative estimate of drug-likeness (QED) is 0.343. The van der Waals surface area contributed by atoms with Crippen LogP contribution in [0, 0.1) is 6.92 Å². The molecule has 0 heterocycles. The molecule has 0 saturated heterocycles. The van der Waals surface area contributed by atoms with Crippen LogP contribution < -0.4 is 4.72 Å². The fraction of sp³-hybridized carbons (Fsp3) is 0.182. The van der Waals surface area contributed by atoms with Crippen molar-refractivity contribution in [2.24, 2.45) is 5.11 Å². The maximum Gasteiger partial charge on any atom is 0.240 e. The Balaban J connectivity index is 2.13. The molecule has 3 aromatic carbocycles. The van der Waals surface area contributed by atoms with Crippen LogP contribution in [0.25, 0.3) is 10.4 Å². The van der Waals surface area contributed by atoms with E-state index in [1.54, 1.807) is 31.2 Å². The lowest BCUT2D eigenvalue weighted by molar-refractivity contribution is 0.411. The summed E-state index contributed by atoms with van der Waals surface area (Å²) in [6, 6.07) is 24.2. The molecule has 0 saturated carbocycles. The Labute approximate surface area is 170 Å². The second kappa shape index (κ2) is 8.49. The van der Waals surface area contributed by atoms with Gasteiger partial charge in [0.05, 0.1) is 4.90 Å². The number of hydrogen-bond donors (Lipinski definition) is 1. The zero-order chi connectivity index (χ0) is 20.9. The monoisotopic (exact) mass is 406 g/mol. The number of nitrogens with zero attached hydrogens (tertiary/aromatic N) is 3. The van der Waals surface area contributed by atoms with Gasteiger partial charge in [-0.05, 0) is 42.6 Å². The van der Waals surface area contributed by atoms with Gasteiger partial charge in [0, 0.05) is 11.0 Å². The highest BCUT2D eigenvalue weighted by Gasteiger charge is 2.41. The van der Waals surface area contributed by atoms with E-state index in [4.69, 9.17) is 0 Å². The predicted octanol–water partition coefficient (Wildman–Crippen LogP) is 4.92. The third kappa shape index (κ3) is 4.17. The molecule has 0 aliphatic heterocycles. The van der Waals surface area contributed by atoms with Crippen LogP contribution in [0.5, 0.6) is 0 Å². The van der Waals surface area contributed by atoms with Crippen molar-refractivity contribution >= 4 is 10.0 Å². The third-order valence-corrected chi connectivity index (χ3v) is 6.48. The molecule has 1 atom stereocenters. The zero-order valence-corrected chi connectivity index (χ0v) is 17.0. The van der Waals surface area contributed by atoms with Crippen molar-refractivity contribution in [2.45, 2.75) is 30.3 Å². The van der Waals surface area contributed by atoms with E-state index in [0.717, 1.165) is 5.56 Å². The molecule has 0 spiro atoms. The number of benzene rings is 3. The number of azide groups is 1. The van der Waals surface area contributed by atoms with Crippen LogP contribution in [0.2, 0.25) is 0 Å². The SMILES string of the molecule is Cc1ccc(S(=O)(=O)N[C@@H](C)C(N=[N+]=[N-])(c2ccccc2)c2ccccc2)cc1. The van der Waals surface area contributed by atoms with Crippen LogP contribution in [-0.2, 0) is 15.6 Å². The van der Waals surface area contributed by atoms with E-state index in [1.165, 1.54) is 0 Å². The second-order valence-corrected chi connectivity index (χ2v) is 8.56. The summed E-state index contributed by atoms with van der Waals surface area (Å²) in [6.07, 6.45) is 0. The van der Waals surface area contributed by atoms with E-state index in [2.05, 4.69) is 14.7 Å². The molecular formula is C22H22N4O2S. The van der Waals surface area contributed by atoms with Gasteiger partial charge in [0.25, 0.3) is 0 Å². The van der Waals surface area contributed by atoms with Crippen LogP contribution in [-0.4, -0.2) is 14.5 Å². The summed E-state index contributed by atoms with van der Waals surface area (Å²) in [6.45, 7) is 3.60. The lowest BCUT2D eigenvalue weighted by atomic mass is 9.78. The van der Waals surface area contributed by atoms with Gasteiger partial charge in [-0.25, -0.2) is 13.1 Å². The van der Waals surface area contributed by atoms with Gasteiger partial charge in [0.1, 0.15) is 5.54 Å². The first-order valence-electron chi connectivity index (χ1n) is 9.16. The summed E-state index contributed by atoms with van der Waals surface area (Å²) < 4.78 is 28.8. The number of hydrogen-bond acceptors (Lipinski definition) is 3. The van der Waals surface area contributed by atoms with Crippen molar-refractivity contribution in [3.63, 3.8) is 0 Å². The molecule has 29 heavy (non-hydrogen) atoms. The summed E-state index contributed by atoms with van der Waals surface area (Å²) in [4.78, 5) is 3.24. The third-order valence-electron chi connectivity index (χ3n) is 4.92. The summed E-state index contributed by atoms with van der Waals surface area (Å²) in [5.74, 6) is 0. The largest absolute Gasteiger partial charge is 0.240 e. The van der Waals surface area contributed by atoms with Crippen molar-refractivity contribution in [2.75, 3.05) is 0 Å². The highest BCUT2D eigenvalue weighted by molar-refractivity contribution is 7.89. The highest BCUT2D eigenvalue weighted by atomic mass is 32.2. The van der Waals surface area contributed by atoms with Crippen molar-refractivity contribution in [3.8, 4) is 0 Å². The van der Waals surface area contributed by atoms with Crippen molar-refractivity contribution in [1.82, 2.24) is 4.72 Å². The molecule has 0 bridgehead atoms. The van der Waals surface area contributed by atoms with Crippen LogP contribution >= 0.6 is 0 Å². The fourth-order valence-electron chi connectivity index (χ4n) is 3.43. The normalized spacial score (nSPS) is 12.8. The van der Waals surface area contributed by atoms with E-state index >= 15 is 0 Å². The summed E-state index contributed by atoms with van der Waals surface area (Å²) in [5, 5.41) is 4.14. The Morgan fingerprint density at radius 1 is 0.897 bits per heavy atom. The molecule has 0 fully saturated rings. The maximum atomic E-state index is 13.0. The molecule has 1 N–H and O–H groups in total.